The summed E-state index contributed by atoms with van der Waals surface area (Å²) in [4.78, 5) is 0. The van der Waals surface area contributed by atoms with Crippen molar-refractivity contribution in [2.24, 2.45) is 5.92 Å². The van der Waals surface area contributed by atoms with Crippen LogP contribution in [-0.2, 0) is 0 Å². The van der Waals surface area contributed by atoms with Gasteiger partial charge >= 0.3 is 0 Å². The quantitative estimate of drug-likeness (QED) is 0.517. The Kier molecular flexibility index (Phi) is 7.17. The molecule has 0 saturated carbocycles. The molecule has 0 spiro atoms. The number of aliphatic hydroxyl groups excluding tert-OH is 1. The molecule has 72 valence electrons. The van der Waals surface area contributed by atoms with Crippen molar-refractivity contribution in [1.82, 2.24) is 0 Å². The lowest BCUT2D eigenvalue weighted by Crippen LogP contribution is -2.12. The molecular weight excluding hydrogens is 160 g/mol. The number of rotatable bonds is 4. The Bertz CT molecular complexity index is 214. The Hall–Kier alpha value is -0.920. The first-order valence-corrected chi connectivity index (χ1v) is 4.85. The van der Waals surface area contributed by atoms with Crippen molar-refractivity contribution in [3.63, 3.8) is 0 Å². The number of aliphatic hydroxyl groups is 1. The molecule has 0 aliphatic heterocycles. The van der Waals surface area contributed by atoms with Crippen LogP contribution in [0.25, 0.3) is 0 Å². The maximum Gasteiger partial charge on any atom is 0.128 e. The standard InChI is InChI=1S/C12H18O/c1-4-6-7-8-9-10-12(13)11(3)5-2/h2,11-13H,4,6-8H2,1,3H3/t11-,12-/m0/s1. The topological polar surface area (TPSA) is 20.2 Å². The van der Waals surface area contributed by atoms with E-state index in [4.69, 9.17) is 6.42 Å². The Morgan fingerprint density at radius 3 is 2.62 bits per heavy atom. The highest BCUT2D eigenvalue weighted by molar-refractivity contribution is 5.11. The summed E-state index contributed by atoms with van der Waals surface area (Å²) < 4.78 is 0. The van der Waals surface area contributed by atoms with Gasteiger partial charge in [0.1, 0.15) is 6.10 Å². The van der Waals surface area contributed by atoms with Crippen LogP contribution in [0.15, 0.2) is 0 Å². The predicted molar refractivity (Wildman–Crippen MR) is 55.9 cm³/mol. The molecule has 0 rings (SSSR count). The van der Waals surface area contributed by atoms with Crippen molar-refractivity contribution in [3.8, 4) is 24.2 Å². The molecule has 0 heterocycles. The summed E-state index contributed by atoms with van der Waals surface area (Å²) in [5.74, 6) is 7.99. The van der Waals surface area contributed by atoms with Crippen molar-refractivity contribution in [2.45, 2.75) is 45.6 Å². The first-order chi connectivity index (χ1) is 6.22. The third-order valence-corrected chi connectivity index (χ3v) is 1.89. The van der Waals surface area contributed by atoms with Crippen molar-refractivity contribution < 1.29 is 5.11 Å². The molecule has 0 bridgehead atoms. The monoisotopic (exact) mass is 178 g/mol. The lowest BCUT2D eigenvalue weighted by Gasteiger charge is -2.04. The summed E-state index contributed by atoms with van der Waals surface area (Å²) >= 11 is 0. The maximum atomic E-state index is 9.36. The van der Waals surface area contributed by atoms with E-state index in [0.29, 0.717) is 0 Å². The van der Waals surface area contributed by atoms with E-state index >= 15 is 0 Å². The van der Waals surface area contributed by atoms with Gasteiger partial charge in [-0.25, -0.2) is 0 Å². The van der Waals surface area contributed by atoms with Crippen LogP contribution < -0.4 is 0 Å². The van der Waals surface area contributed by atoms with Crippen LogP contribution >= 0.6 is 0 Å². The summed E-state index contributed by atoms with van der Waals surface area (Å²) in [6, 6.07) is 0. The fourth-order valence-corrected chi connectivity index (χ4v) is 0.856. The molecule has 1 nitrogen and oxygen atoms in total. The van der Waals surface area contributed by atoms with Crippen LogP contribution in [0, 0.1) is 30.1 Å². The van der Waals surface area contributed by atoms with Crippen molar-refractivity contribution in [1.29, 1.82) is 0 Å². The Morgan fingerprint density at radius 2 is 2.08 bits per heavy atom. The highest BCUT2D eigenvalue weighted by Crippen LogP contribution is 2.00. The van der Waals surface area contributed by atoms with Gasteiger partial charge in [0, 0.05) is 6.42 Å². The van der Waals surface area contributed by atoms with Crippen LogP contribution in [0.1, 0.15) is 39.5 Å². The zero-order chi connectivity index (χ0) is 10.1. The summed E-state index contributed by atoms with van der Waals surface area (Å²) in [5.41, 5.74) is 0. The van der Waals surface area contributed by atoms with Gasteiger partial charge in [-0.1, -0.05) is 31.6 Å². The van der Waals surface area contributed by atoms with Gasteiger partial charge in [-0.15, -0.1) is 12.3 Å². The van der Waals surface area contributed by atoms with E-state index in [1.54, 1.807) is 6.92 Å². The second-order valence-electron chi connectivity index (χ2n) is 3.18. The molecule has 0 amide bonds. The SMILES string of the molecule is C#C[C@H](C)[C@@H](O)C#CCCCCC. The summed E-state index contributed by atoms with van der Waals surface area (Å²) in [6.07, 6.45) is 8.86. The van der Waals surface area contributed by atoms with Crippen LogP contribution in [0.3, 0.4) is 0 Å². The molecule has 13 heavy (non-hydrogen) atoms. The molecule has 0 aliphatic rings. The van der Waals surface area contributed by atoms with E-state index in [0.717, 1.165) is 12.8 Å². The van der Waals surface area contributed by atoms with E-state index in [2.05, 4.69) is 24.7 Å². The molecule has 0 saturated heterocycles. The van der Waals surface area contributed by atoms with Gasteiger partial charge < -0.3 is 5.11 Å². The second kappa shape index (κ2) is 7.71. The van der Waals surface area contributed by atoms with Crippen molar-refractivity contribution >= 4 is 0 Å². The highest BCUT2D eigenvalue weighted by atomic mass is 16.3. The Morgan fingerprint density at radius 1 is 1.38 bits per heavy atom. The third kappa shape index (κ3) is 6.26. The van der Waals surface area contributed by atoms with E-state index in [-0.39, 0.29) is 5.92 Å². The van der Waals surface area contributed by atoms with Crippen LogP contribution in [0.5, 0.6) is 0 Å². The minimum Gasteiger partial charge on any atom is -0.379 e. The predicted octanol–water partition coefficient (Wildman–Crippen LogP) is 2.20. The lowest BCUT2D eigenvalue weighted by molar-refractivity contribution is 0.199. The average molecular weight is 178 g/mol. The summed E-state index contributed by atoms with van der Waals surface area (Å²) in [6.45, 7) is 3.95. The normalized spacial score (nSPS) is 13.7. The van der Waals surface area contributed by atoms with Gasteiger partial charge in [-0.3, -0.25) is 0 Å². The molecule has 1 heteroatoms. The minimum absolute atomic E-state index is 0.168. The first kappa shape index (κ1) is 12.1. The van der Waals surface area contributed by atoms with E-state index in [9.17, 15) is 5.11 Å². The van der Waals surface area contributed by atoms with E-state index < -0.39 is 6.10 Å². The van der Waals surface area contributed by atoms with Crippen LogP contribution in [0.2, 0.25) is 0 Å². The molecular formula is C12H18O. The van der Waals surface area contributed by atoms with Crippen LogP contribution in [0.4, 0.5) is 0 Å². The number of hydrogen-bond acceptors (Lipinski definition) is 1. The van der Waals surface area contributed by atoms with Crippen LogP contribution in [-0.4, -0.2) is 11.2 Å². The van der Waals surface area contributed by atoms with Gasteiger partial charge in [0.15, 0.2) is 0 Å². The zero-order valence-corrected chi connectivity index (χ0v) is 8.51. The lowest BCUT2D eigenvalue weighted by atomic mass is 10.1. The van der Waals surface area contributed by atoms with Crippen molar-refractivity contribution in [3.05, 3.63) is 0 Å². The molecule has 0 aromatic heterocycles. The highest BCUT2D eigenvalue weighted by Gasteiger charge is 2.06. The summed E-state index contributed by atoms with van der Waals surface area (Å²) in [5, 5.41) is 9.36. The maximum absolute atomic E-state index is 9.36. The molecule has 0 aromatic rings. The molecule has 1 N–H and O–H groups in total. The Labute approximate surface area is 81.5 Å². The average Bonchev–Trinajstić information content (AvgIpc) is 2.16. The third-order valence-electron chi connectivity index (χ3n) is 1.89. The van der Waals surface area contributed by atoms with Gasteiger partial charge in [0.2, 0.25) is 0 Å². The number of terminal acetylenes is 1. The fraction of sp³-hybridized carbons (Fsp3) is 0.667. The number of hydrogen-bond donors (Lipinski definition) is 1. The smallest absolute Gasteiger partial charge is 0.128 e. The second-order valence-corrected chi connectivity index (χ2v) is 3.18. The fourth-order valence-electron chi connectivity index (χ4n) is 0.856. The van der Waals surface area contributed by atoms with Gasteiger partial charge in [0.05, 0.1) is 5.92 Å². The number of unbranched alkanes of at least 4 members (excludes halogenated alkanes) is 3. The Balaban J connectivity index is 3.64. The molecule has 2 atom stereocenters. The molecule has 0 aliphatic carbocycles. The largest absolute Gasteiger partial charge is 0.379 e. The van der Waals surface area contributed by atoms with E-state index in [1.807, 2.05) is 0 Å². The molecule has 0 aromatic carbocycles. The van der Waals surface area contributed by atoms with Crippen molar-refractivity contribution in [2.75, 3.05) is 0 Å². The zero-order valence-electron chi connectivity index (χ0n) is 8.51. The minimum atomic E-state index is -0.661. The summed E-state index contributed by atoms with van der Waals surface area (Å²) in [7, 11) is 0. The molecule has 0 fully saturated rings. The van der Waals surface area contributed by atoms with Gasteiger partial charge in [0.25, 0.3) is 0 Å². The van der Waals surface area contributed by atoms with E-state index in [1.165, 1.54) is 12.8 Å². The molecule has 0 unspecified atom stereocenters. The first-order valence-electron chi connectivity index (χ1n) is 4.85. The van der Waals surface area contributed by atoms with Gasteiger partial charge in [-0.2, -0.15) is 0 Å². The molecule has 0 radical (unpaired) electrons. The van der Waals surface area contributed by atoms with Gasteiger partial charge in [-0.05, 0) is 13.3 Å².